The molecule has 2 aliphatic rings. The van der Waals surface area contributed by atoms with Gasteiger partial charge in [-0.1, -0.05) is 11.6 Å². The summed E-state index contributed by atoms with van der Waals surface area (Å²) >= 11 is 0. The SMILES string of the molecule is COc1ccc(C)cc1/C=C/C(=O)Nc1cc(S(=O)(=O)N2CCOCC2)ccc1N1CCCC1. The van der Waals surface area contributed by atoms with E-state index in [1.165, 1.54) is 10.4 Å². The predicted octanol–water partition coefficient (Wildman–Crippen LogP) is 3.28. The number of morpholine rings is 1. The first-order valence-corrected chi connectivity index (χ1v) is 12.9. The third-order valence-corrected chi connectivity index (χ3v) is 7.97. The van der Waals surface area contributed by atoms with E-state index in [0.29, 0.717) is 37.7 Å². The third-order valence-electron chi connectivity index (χ3n) is 6.08. The van der Waals surface area contributed by atoms with Crippen molar-refractivity contribution in [1.82, 2.24) is 4.31 Å². The molecule has 0 spiro atoms. The van der Waals surface area contributed by atoms with E-state index in [1.807, 2.05) is 25.1 Å². The van der Waals surface area contributed by atoms with Gasteiger partial charge < -0.3 is 19.7 Å². The number of carbonyl (C=O) groups is 1. The molecule has 34 heavy (non-hydrogen) atoms. The first-order valence-electron chi connectivity index (χ1n) is 11.5. The Kier molecular flexibility index (Phi) is 7.55. The van der Waals surface area contributed by atoms with Crippen molar-refractivity contribution < 1.29 is 22.7 Å². The Morgan fingerprint density at radius 2 is 1.79 bits per heavy atom. The van der Waals surface area contributed by atoms with Crippen molar-refractivity contribution in [3.8, 4) is 5.75 Å². The molecule has 8 nitrogen and oxygen atoms in total. The average Bonchev–Trinajstić information content (AvgIpc) is 3.38. The Morgan fingerprint density at radius 1 is 1.06 bits per heavy atom. The Hall–Kier alpha value is -2.88. The topological polar surface area (TPSA) is 88.2 Å². The van der Waals surface area contributed by atoms with Crippen molar-refractivity contribution in [3.63, 3.8) is 0 Å². The van der Waals surface area contributed by atoms with Crippen molar-refractivity contribution >= 4 is 33.4 Å². The molecule has 1 amide bonds. The molecule has 2 saturated heterocycles. The maximum Gasteiger partial charge on any atom is 0.248 e. The highest BCUT2D eigenvalue weighted by Gasteiger charge is 2.28. The van der Waals surface area contributed by atoms with Gasteiger partial charge in [0.1, 0.15) is 5.75 Å². The number of hydrogen-bond acceptors (Lipinski definition) is 6. The highest BCUT2D eigenvalue weighted by Crippen LogP contribution is 2.32. The molecular formula is C25H31N3O5S. The van der Waals surface area contributed by atoms with Gasteiger partial charge >= 0.3 is 0 Å². The van der Waals surface area contributed by atoms with Crippen LogP contribution in [0.25, 0.3) is 6.08 Å². The van der Waals surface area contributed by atoms with E-state index in [4.69, 9.17) is 9.47 Å². The van der Waals surface area contributed by atoms with Crippen molar-refractivity contribution in [1.29, 1.82) is 0 Å². The molecule has 0 unspecified atom stereocenters. The van der Waals surface area contributed by atoms with Crippen LogP contribution in [-0.2, 0) is 19.6 Å². The second kappa shape index (κ2) is 10.6. The summed E-state index contributed by atoms with van der Waals surface area (Å²) in [5.74, 6) is 0.330. The maximum absolute atomic E-state index is 13.2. The number of nitrogens with zero attached hydrogens (tertiary/aromatic N) is 2. The standard InChI is InChI=1S/C25H31N3O5S/c1-19-5-9-24(32-2)20(17-19)6-10-25(29)26-22-18-21(7-8-23(22)27-11-3-4-12-27)34(30,31)28-13-15-33-16-14-28/h5-10,17-18H,3-4,11-16H2,1-2H3,(H,26,29)/b10-6+. The molecule has 0 radical (unpaired) electrons. The van der Waals surface area contributed by atoms with Gasteiger partial charge in [0, 0.05) is 37.8 Å². The van der Waals surface area contributed by atoms with Gasteiger partial charge in [-0.25, -0.2) is 8.42 Å². The molecule has 2 heterocycles. The number of ether oxygens (including phenoxy) is 2. The van der Waals surface area contributed by atoms with Crippen molar-refractivity contribution in [3.05, 3.63) is 53.6 Å². The number of amides is 1. The van der Waals surface area contributed by atoms with E-state index < -0.39 is 10.0 Å². The van der Waals surface area contributed by atoms with E-state index in [0.717, 1.165) is 42.7 Å². The van der Waals surface area contributed by atoms with Crippen LogP contribution >= 0.6 is 0 Å². The lowest BCUT2D eigenvalue weighted by Crippen LogP contribution is -2.40. The normalized spacial score (nSPS) is 17.3. The Balaban J connectivity index is 1.61. The summed E-state index contributed by atoms with van der Waals surface area (Å²) in [6.07, 6.45) is 5.27. The number of aryl methyl sites for hydroxylation is 1. The van der Waals surface area contributed by atoms with Gasteiger partial charge in [0.2, 0.25) is 15.9 Å². The molecule has 0 aromatic heterocycles. The molecule has 0 bridgehead atoms. The summed E-state index contributed by atoms with van der Waals surface area (Å²) < 4.78 is 38.5. The highest BCUT2D eigenvalue weighted by atomic mass is 32.2. The lowest BCUT2D eigenvalue weighted by atomic mass is 10.1. The predicted molar refractivity (Wildman–Crippen MR) is 133 cm³/mol. The van der Waals surface area contributed by atoms with E-state index in [-0.39, 0.29) is 10.8 Å². The van der Waals surface area contributed by atoms with Gasteiger partial charge in [0.05, 0.1) is 36.6 Å². The number of anilines is 2. The van der Waals surface area contributed by atoms with Gasteiger partial charge in [-0.05, 0) is 56.2 Å². The van der Waals surface area contributed by atoms with Crippen LogP contribution in [0.2, 0.25) is 0 Å². The number of hydrogen-bond donors (Lipinski definition) is 1. The summed E-state index contributed by atoms with van der Waals surface area (Å²) in [6, 6.07) is 10.7. The third kappa shape index (κ3) is 5.43. The summed E-state index contributed by atoms with van der Waals surface area (Å²) in [7, 11) is -2.09. The van der Waals surface area contributed by atoms with Crippen LogP contribution in [-0.4, -0.2) is 65.1 Å². The Morgan fingerprint density at radius 3 is 2.50 bits per heavy atom. The molecule has 1 N–H and O–H groups in total. The van der Waals surface area contributed by atoms with Gasteiger partial charge in [0.15, 0.2) is 0 Å². The molecule has 0 atom stereocenters. The monoisotopic (exact) mass is 485 g/mol. The highest BCUT2D eigenvalue weighted by molar-refractivity contribution is 7.89. The summed E-state index contributed by atoms with van der Waals surface area (Å²) in [4.78, 5) is 15.2. The molecule has 2 aliphatic heterocycles. The molecule has 0 saturated carbocycles. The van der Waals surface area contributed by atoms with Crippen LogP contribution in [0.4, 0.5) is 11.4 Å². The van der Waals surface area contributed by atoms with E-state index in [2.05, 4.69) is 10.2 Å². The number of rotatable bonds is 7. The lowest BCUT2D eigenvalue weighted by Gasteiger charge is -2.27. The maximum atomic E-state index is 13.2. The fourth-order valence-electron chi connectivity index (χ4n) is 4.27. The van der Waals surface area contributed by atoms with Crippen LogP contribution in [0.1, 0.15) is 24.0 Å². The summed E-state index contributed by atoms with van der Waals surface area (Å²) in [5.41, 5.74) is 3.16. The van der Waals surface area contributed by atoms with E-state index >= 15 is 0 Å². The van der Waals surface area contributed by atoms with Crippen molar-refractivity contribution in [2.75, 3.05) is 56.7 Å². The smallest absolute Gasteiger partial charge is 0.248 e. The first kappa shape index (κ1) is 24.3. The van der Waals surface area contributed by atoms with Gasteiger partial charge in [-0.3, -0.25) is 4.79 Å². The Bertz CT molecular complexity index is 1170. The second-order valence-corrected chi connectivity index (χ2v) is 10.4. The molecule has 2 fully saturated rings. The number of methoxy groups -OCH3 is 1. The molecule has 9 heteroatoms. The second-order valence-electron chi connectivity index (χ2n) is 8.46. The molecule has 0 aliphatic carbocycles. The minimum atomic E-state index is -3.68. The zero-order valence-electron chi connectivity index (χ0n) is 19.6. The fraction of sp³-hybridized carbons (Fsp3) is 0.400. The number of nitrogens with one attached hydrogen (secondary N) is 1. The van der Waals surface area contributed by atoms with Crippen LogP contribution in [0.15, 0.2) is 47.4 Å². The van der Waals surface area contributed by atoms with Crippen molar-refractivity contribution in [2.45, 2.75) is 24.7 Å². The number of carbonyl (C=O) groups excluding carboxylic acids is 1. The zero-order valence-corrected chi connectivity index (χ0v) is 20.4. The van der Waals surface area contributed by atoms with Crippen LogP contribution in [0.3, 0.4) is 0 Å². The Labute approximate surface area is 201 Å². The molecule has 182 valence electrons. The molecular weight excluding hydrogens is 454 g/mol. The van der Waals surface area contributed by atoms with Crippen LogP contribution < -0.4 is 15.0 Å². The molecule has 2 aromatic carbocycles. The molecule has 2 aromatic rings. The minimum Gasteiger partial charge on any atom is -0.496 e. The van der Waals surface area contributed by atoms with E-state index in [1.54, 1.807) is 31.4 Å². The molecule has 4 rings (SSSR count). The van der Waals surface area contributed by atoms with Gasteiger partial charge in [-0.15, -0.1) is 0 Å². The number of sulfonamides is 1. The average molecular weight is 486 g/mol. The lowest BCUT2D eigenvalue weighted by molar-refractivity contribution is -0.111. The van der Waals surface area contributed by atoms with E-state index in [9.17, 15) is 13.2 Å². The van der Waals surface area contributed by atoms with Crippen LogP contribution in [0, 0.1) is 6.92 Å². The number of benzene rings is 2. The fourth-order valence-corrected chi connectivity index (χ4v) is 5.70. The zero-order chi connectivity index (χ0) is 24.1. The van der Waals surface area contributed by atoms with Crippen molar-refractivity contribution in [2.24, 2.45) is 0 Å². The summed E-state index contributed by atoms with van der Waals surface area (Å²) in [5, 5.41) is 2.91. The van der Waals surface area contributed by atoms with Gasteiger partial charge in [0.25, 0.3) is 0 Å². The minimum absolute atomic E-state index is 0.164. The quantitative estimate of drug-likeness (QED) is 0.606. The van der Waals surface area contributed by atoms with Gasteiger partial charge in [-0.2, -0.15) is 4.31 Å². The first-order chi connectivity index (χ1) is 16.4. The van der Waals surface area contributed by atoms with Crippen LogP contribution in [0.5, 0.6) is 5.75 Å². The summed E-state index contributed by atoms with van der Waals surface area (Å²) in [6.45, 7) is 5.10. The largest absolute Gasteiger partial charge is 0.496 e.